The number of nitrogens with zero attached hydrogens (tertiary/aromatic N) is 1. The first-order chi connectivity index (χ1) is 12.1. The van der Waals surface area contributed by atoms with Crippen molar-refractivity contribution in [2.45, 2.75) is 37.1 Å². The molecule has 0 radical (unpaired) electrons. The number of rotatable bonds is 7. The van der Waals surface area contributed by atoms with Gasteiger partial charge < -0.3 is 0 Å². The van der Waals surface area contributed by atoms with Gasteiger partial charge >= 0.3 is 0 Å². The van der Waals surface area contributed by atoms with Crippen LogP contribution in [0.1, 0.15) is 24.0 Å². The van der Waals surface area contributed by atoms with E-state index in [1.54, 1.807) is 12.1 Å². The molecule has 0 aliphatic carbocycles. The van der Waals surface area contributed by atoms with Gasteiger partial charge in [0.25, 0.3) is 0 Å². The maximum absolute atomic E-state index is 12.7. The second-order valence-corrected chi connectivity index (χ2v) is 8.44. The van der Waals surface area contributed by atoms with E-state index in [9.17, 15) is 8.42 Å². The largest absolute Gasteiger partial charge is 0.299 e. The van der Waals surface area contributed by atoms with Gasteiger partial charge in [-0.1, -0.05) is 48.5 Å². The maximum atomic E-state index is 12.7. The summed E-state index contributed by atoms with van der Waals surface area (Å²) in [7, 11) is -3.48. The van der Waals surface area contributed by atoms with Gasteiger partial charge in [-0.05, 0) is 56.5 Å². The molecule has 0 spiro atoms. The lowest BCUT2D eigenvalue weighted by Gasteiger charge is -2.28. The molecule has 134 valence electrons. The number of aryl methyl sites for hydroxylation is 1. The van der Waals surface area contributed by atoms with Crippen LogP contribution in [0.5, 0.6) is 0 Å². The van der Waals surface area contributed by atoms with E-state index in [4.69, 9.17) is 0 Å². The van der Waals surface area contributed by atoms with Crippen molar-refractivity contribution in [2.24, 2.45) is 0 Å². The molecule has 1 aliphatic rings. The highest BCUT2D eigenvalue weighted by atomic mass is 32.2. The van der Waals surface area contributed by atoms with Gasteiger partial charge in [0, 0.05) is 12.6 Å². The summed E-state index contributed by atoms with van der Waals surface area (Å²) in [5.74, 6) is 0. The summed E-state index contributed by atoms with van der Waals surface area (Å²) in [4.78, 5) is 2.78. The summed E-state index contributed by atoms with van der Waals surface area (Å²) >= 11 is 0. The van der Waals surface area contributed by atoms with E-state index in [0.29, 0.717) is 11.4 Å². The van der Waals surface area contributed by atoms with Crippen LogP contribution in [0.15, 0.2) is 59.5 Å². The minimum absolute atomic E-state index is 0.184. The molecule has 1 unspecified atom stereocenters. The molecule has 1 fully saturated rings. The predicted molar refractivity (Wildman–Crippen MR) is 101 cm³/mol. The first-order valence-electron chi connectivity index (χ1n) is 8.89. The van der Waals surface area contributed by atoms with Crippen molar-refractivity contribution in [2.75, 3.05) is 19.6 Å². The molecule has 1 aliphatic heterocycles. The van der Waals surface area contributed by atoms with Gasteiger partial charge in [-0.15, -0.1) is 0 Å². The van der Waals surface area contributed by atoms with E-state index >= 15 is 0 Å². The zero-order valence-electron chi connectivity index (χ0n) is 14.7. The highest BCUT2D eigenvalue weighted by Crippen LogP contribution is 2.18. The van der Waals surface area contributed by atoms with E-state index in [1.165, 1.54) is 18.4 Å². The van der Waals surface area contributed by atoms with E-state index in [2.05, 4.69) is 21.8 Å². The fourth-order valence-electron chi connectivity index (χ4n) is 3.46. The summed E-state index contributed by atoms with van der Waals surface area (Å²) in [6, 6.07) is 17.6. The fraction of sp³-hybridized carbons (Fsp3) is 0.400. The molecule has 0 bridgehead atoms. The quantitative estimate of drug-likeness (QED) is 0.828. The summed E-state index contributed by atoms with van der Waals surface area (Å²) < 4.78 is 28.2. The second kappa shape index (κ2) is 8.13. The topological polar surface area (TPSA) is 49.4 Å². The molecule has 3 rings (SSSR count). The normalized spacial score (nSPS) is 16.8. The number of likely N-dealkylation sites (tertiary alicyclic amines) is 1. The van der Waals surface area contributed by atoms with Crippen LogP contribution in [-0.2, 0) is 16.4 Å². The summed E-state index contributed by atoms with van der Waals surface area (Å²) in [6.45, 7) is 4.36. The highest BCUT2D eigenvalue weighted by molar-refractivity contribution is 7.89. The lowest BCUT2D eigenvalue weighted by atomic mass is 10.1. The molecule has 2 aromatic rings. The molecular formula is C20H26N2O2S. The average Bonchev–Trinajstić information content (AvgIpc) is 3.14. The Morgan fingerprint density at radius 1 is 1.00 bits per heavy atom. The smallest absolute Gasteiger partial charge is 0.240 e. The molecule has 5 heteroatoms. The second-order valence-electron chi connectivity index (χ2n) is 6.70. The molecule has 0 saturated carbocycles. The maximum Gasteiger partial charge on any atom is 0.240 e. The van der Waals surface area contributed by atoms with E-state index in [1.807, 2.05) is 37.3 Å². The van der Waals surface area contributed by atoms with Crippen LogP contribution in [0.4, 0.5) is 0 Å². The lowest BCUT2D eigenvalue weighted by molar-refractivity contribution is 0.241. The summed E-state index contributed by atoms with van der Waals surface area (Å²) in [5, 5.41) is 0. The molecule has 2 aromatic carbocycles. The first-order valence-corrected chi connectivity index (χ1v) is 10.4. The van der Waals surface area contributed by atoms with Crippen molar-refractivity contribution in [1.29, 1.82) is 0 Å². The van der Waals surface area contributed by atoms with Gasteiger partial charge in [0.05, 0.1) is 4.90 Å². The standard InChI is InChI=1S/C20H26N2O2S/c1-17-9-5-6-12-20(17)25(23,24)21-16-19(22-13-7-8-14-22)15-18-10-3-2-4-11-18/h2-6,9-12,19,21H,7-8,13-16H2,1H3. The van der Waals surface area contributed by atoms with Crippen molar-refractivity contribution in [1.82, 2.24) is 9.62 Å². The van der Waals surface area contributed by atoms with Gasteiger partial charge in [0.1, 0.15) is 0 Å². The summed E-state index contributed by atoms with van der Waals surface area (Å²) in [5.41, 5.74) is 2.02. The molecule has 25 heavy (non-hydrogen) atoms. The minimum Gasteiger partial charge on any atom is -0.299 e. The molecule has 1 N–H and O–H groups in total. The summed E-state index contributed by atoms with van der Waals surface area (Å²) in [6.07, 6.45) is 3.24. The molecule has 1 atom stereocenters. The van der Waals surface area contributed by atoms with Crippen molar-refractivity contribution in [3.05, 3.63) is 65.7 Å². The zero-order chi connectivity index (χ0) is 17.7. The molecule has 0 aromatic heterocycles. The van der Waals surface area contributed by atoms with Gasteiger partial charge in [0.2, 0.25) is 10.0 Å². The molecule has 1 heterocycles. The Morgan fingerprint density at radius 2 is 1.64 bits per heavy atom. The van der Waals surface area contributed by atoms with Crippen LogP contribution in [0.2, 0.25) is 0 Å². The Kier molecular flexibility index (Phi) is 5.89. The highest BCUT2D eigenvalue weighted by Gasteiger charge is 2.25. The van der Waals surface area contributed by atoms with Gasteiger partial charge in [-0.25, -0.2) is 13.1 Å². The Morgan fingerprint density at radius 3 is 2.32 bits per heavy atom. The zero-order valence-corrected chi connectivity index (χ0v) is 15.5. The molecule has 4 nitrogen and oxygen atoms in total. The Balaban J connectivity index is 1.73. The van der Waals surface area contributed by atoms with E-state index in [-0.39, 0.29) is 6.04 Å². The van der Waals surface area contributed by atoms with Crippen LogP contribution >= 0.6 is 0 Å². The number of sulfonamides is 1. The number of nitrogens with one attached hydrogen (secondary N) is 1. The minimum atomic E-state index is -3.48. The van der Waals surface area contributed by atoms with Gasteiger partial charge in [0.15, 0.2) is 0 Å². The number of benzene rings is 2. The third-order valence-electron chi connectivity index (χ3n) is 4.86. The van der Waals surface area contributed by atoms with Crippen molar-refractivity contribution in [3.8, 4) is 0 Å². The van der Waals surface area contributed by atoms with Crippen LogP contribution in [0, 0.1) is 6.92 Å². The van der Waals surface area contributed by atoms with Crippen molar-refractivity contribution >= 4 is 10.0 Å². The Bertz CT molecular complexity index is 784. The van der Waals surface area contributed by atoms with Crippen LogP contribution in [0.3, 0.4) is 0 Å². The average molecular weight is 359 g/mol. The third-order valence-corrected chi connectivity index (χ3v) is 6.45. The van der Waals surface area contributed by atoms with Crippen molar-refractivity contribution in [3.63, 3.8) is 0 Å². The Labute approximate surface area is 150 Å². The van der Waals surface area contributed by atoms with Crippen LogP contribution < -0.4 is 4.72 Å². The van der Waals surface area contributed by atoms with Gasteiger partial charge in [-0.3, -0.25) is 4.90 Å². The van der Waals surface area contributed by atoms with Crippen LogP contribution in [0.25, 0.3) is 0 Å². The number of hydrogen-bond acceptors (Lipinski definition) is 3. The monoisotopic (exact) mass is 358 g/mol. The first kappa shape index (κ1) is 18.1. The molecular weight excluding hydrogens is 332 g/mol. The lowest BCUT2D eigenvalue weighted by Crippen LogP contribution is -2.44. The van der Waals surface area contributed by atoms with Crippen molar-refractivity contribution < 1.29 is 8.42 Å². The predicted octanol–water partition coefficient (Wildman–Crippen LogP) is 2.98. The van der Waals surface area contributed by atoms with E-state index < -0.39 is 10.0 Å². The molecule has 1 saturated heterocycles. The SMILES string of the molecule is Cc1ccccc1S(=O)(=O)NCC(Cc1ccccc1)N1CCCC1. The number of hydrogen-bond donors (Lipinski definition) is 1. The Hall–Kier alpha value is -1.69. The fourth-order valence-corrected chi connectivity index (χ4v) is 4.78. The molecule has 0 amide bonds. The van der Waals surface area contributed by atoms with Gasteiger partial charge in [-0.2, -0.15) is 0 Å². The van der Waals surface area contributed by atoms with Crippen LogP contribution in [-0.4, -0.2) is 39.0 Å². The van der Waals surface area contributed by atoms with E-state index in [0.717, 1.165) is 25.1 Å². The third kappa shape index (κ3) is 4.69.